The Bertz CT molecular complexity index is 773. The summed E-state index contributed by atoms with van der Waals surface area (Å²) >= 11 is 0. The highest BCUT2D eigenvalue weighted by Gasteiger charge is 2.27. The first-order chi connectivity index (χ1) is 8.48. The van der Waals surface area contributed by atoms with Crippen molar-refractivity contribution in [2.24, 2.45) is 0 Å². The molecule has 0 atom stereocenters. The number of sulfone groups is 1. The molecule has 3 rings (SSSR count). The maximum atomic E-state index is 12.1. The van der Waals surface area contributed by atoms with Crippen LogP contribution in [-0.2, 0) is 9.84 Å². The van der Waals surface area contributed by atoms with E-state index in [0.717, 1.165) is 11.8 Å². The van der Waals surface area contributed by atoms with Crippen LogP contribution in [0.5, 0.6) is 0 Å². The van der Waals surface area contributed by atoms with Gasteiger partial charge in [0.1, 0.15) is 0 Å². The van der Waals surface area contributed by atoms with Gasteiger partial charge in [0, 0.05) is 17.4 Å². The van der Waals surface area contributed by atoms with Crippen LogP contribution in [0.25, 0.3) is 11.1 Å². The number of carbonyl (C=O) groups is 1. The van der Waals surface area contributed by atoms with Crippen molar-refractivity contribution in [3.8, 4) is 11.1 Å². The van der Waals surface area contributed by atoms with Crippen LogP contribution in [-0.4, -0.2) is 20.5 Å². The van der Waals surface area contributed by atoms with Crippen molar-refractivity contribution in [1.82, 2.24) is 0 Å². The molecule has 0 radical (unpaired) electrons. The molecule has 0 N–H and O–H groups in total. The second-order valence-corrected chi connectivity index (χ2v) is 6.37. The van der Waals surface area contributed by atoms with Crippen molar-refractivity contribution in [1.29, 1.82) is 0 Å². The van der Waals surface area contributed by atoms with Gasteiger partial charge in [-0.2, -0.15) is 0 Å². The van der Waals surface area contributed by atoms with Crippen molar-refractivity contribution in [3.05, 3.63) is 53.6 Å². The third-order valence-corrected chi connectivity index (χ3v) is 4.24. The lowest BCUT2D eigenvalue weighted by molar-refractivity contribution is 0.104. The molecule has 18 heavy (non-hydrogen) atoms. The molecular formula is C14H10O3S. The number of benzene rings is 2. The first-order valence-corrected chi connectivity index (χ1v) is 7.36. The van der Waals surface area contributed by atoms with Gasteiger partial charge in [-0.15, -0.1) is 0 Å². The van der Waals surface area contributed by atoms with E-state index in [1.165, 1.54) is 6.07 Å². The van der Waals surface area contributed by atoms with Gasteiger partial charge in [-0.05, 0) is 29.3 Å². The van der Waals surface area contributed by atoms with Crippen molar-refractivity contribution in [3.63, 3.8) is 0 Å². The summed E-state index contributed by atoms with van der Waals surface area (Å²) in [7, 11) is -3.26. The minimum Gasteiger partial charge on any atom is -0.289 e. The van der Waals surface area contributed by atoms with E-state index < -0.39 is 9.84 Å². The zero-order valence-corrected chi connectivity index (χ0v) is 10.5. The van der Waals surface area contributed by atoms with Gasteiger partial charge >= 0.3 is 0 Å². The van der Waals surface area contributed by atoms with Crippen molar-refractivity contribution < 1.29 is 13.2 Å². The molecule has 0 amide bonds. The average Bonchev–Trinajstić information content (AvgIpc) is 2.63. The number of fused-ring (bicyclic) bond motifs is 3. The largest absolute Gasteiger partial charge is 0.289 e. The van der Waals surface area contributed by atoms with E-state index in [2.05, 4.69) is 0 Å². The lowest BCUT2D eigenvalue weighted by Gasteiger charge is -2.02. The molecule has 0 spiro atoms. The summed E-state index contributed by atoms with van der Waals surface area (Å²) in [6.07, 6.45) is 1.16. The van der Waals surface area contributed by atoms with E-state index in [-0.39, 0.29) is 10.7 Å². The van der Waals surface area contributed by atoms with Gasteiger partial charge in [-0.25, -0.2) is 8.42 Å². The van der Waals surface area contributed by atoms with Crippen LogP contribution in [0, 0.1) is 0 Å². The van der Waals surface area contributed by atoms with Crippen molar-refractivity contribution in [2.45, 2.75) is 4.90 Å². The Morgan fingerprint density at radius 2 is 1.44 bits per heavy atom. The summed E-state index contributed by atoms with van der Waals surface area (Å²) < 4.78 is 23.1. The van der Waals surface area contributed by atoms with E-state index >= 15 is 0 Å². The van der Waals surface area contributed by atoms with Gasteiger partial charge in [-0.1, -0.05) is 24.3 Å². The Balaban J connectivity index is 2.33. The predicted molar refractivity (Wildman–Crippen MR) is 68.4 cm³/mol. The summed E-state index contributed by atoms with van der Waals surface area (Å²) in [5.74, 6) is -0.0411. The first kappa shape index (κ1) is 11.2. The Kier molecular flexibility index (Phi) is 2.19. The van der Waals surface area contributed by atoms with Crippen LogP contribution in [0.3, 0.4) is 0 Å². The molecule has 2 aromatic rings. The third kappa shape index (κ3) is 1.49. The molecule has 0 aliphatic heterocycles. The SMILES string of the molecule is CS(=O)(=O)c1ccc2c(c1)-c1ccccc1C2=O. The van der Waals surface area contributed by atoms with Gasteiger partial charge in [0.2, 0.25) is 0 Å². The molecule has 0 saturated heterocycles. The van der Waals surface area contributed by atoms with Gasteiger partial charge < -0.3 is 0 Å². The lowest BCUT2D eigenvalue weighted by Crippen LogP contribution is -1.99. The van der Waals surface area contributed by atoms with Gasteiger partial charge in [0.15, 0.2) is 15.6 Å². The molecule has 0 heterocycles. The third-order valence-electron chi connectivity index (χ3n) is 3.13. The molecule has 0 saturated carbocycles. The maximum absolute atomic E-state index is 12.1. The van der Waals surface area contributed by atoms with Gasteiger partial charge in [0.05, 0.1) is 4.90 Å². The minimum absolute atomic E-state index is 0.0411. The van der Waals surface area contributed by atoms with Crippen LogP contribution in [0.1, 0.15) is 15.9 Å². The Labute approximate surface area is 105 Å². The zero-order valence-electron chi connectivity index (χ0n) is 9.67. The fourth-order valence-corrected chi connectivity index (χ4v) is 2.88. The summed E-state index contributed by atoms with van der Waals surface area (Å²) in [5, 5.41) is 0. The van der Waals surface area contributed by atoms with Crippen LogP contribution >= 0.6 is 0 Å². The topological polar surface area (TPSA) is 51.2 Å². The second kappa shape index (κ2) is 3.53. The maximum Gasteiger partial charge on any atom is 0.194 e. The monoisotopic (exact) mass is 258 g/mol. The minimum atomic E-state index is -3.26. The second-order valence-electron chi connectivity index (χ2n) is 4.35. The molecule has 1 aliphatic rings. The molecule has 0 aromatic heterocycles. The standard InChI is InChI=1S/C14H10O3S/c1-18(16,17)9-6-7-12-13(8-9)10-4-2-3-5-11(10)14(12)15/h2-8H,1H3. The fraction of sp³-hybridized carbons (Fsp3) is 0.0714. The predicted octanol–water partition coefficient (Wildman–Crippen LogP) is 2.30. The Morgan fingerprint density at radius 3 is 2.11 bits per heavy atom. The molecule has 0 bridgehead atoms. The highest BCUT2D eigenvalue weighted by molar-refractivity contribution is 7.90. The van der Waals surface area contributed by atoms with Crippen molar-refractivity contribution in [2.75, 3.05) is 6.26 Å². The summed E-state index contributed by atoms with van der Waals surface area (Å²) in [5.41, 5.74) is 2.73. The normalized spacial score (nSPS) is 13.3. The number of hydrogen-bond acceptors (Lipinski definition) is 3. The molecule has 0 fully saturated rings. The molecule has 4 heteroatoms. The zero-order chi connectivity index (χ0) is 12.9. The molecule has 90 valence electrons. The quantitative estimate of drug-likeness (QED) is 0.673. The number of rotatable bonds is 1. The van der Waals surface area contributed by atoms with E-state index in [9.17, 15) is 13.2 Å². The molecule has 1 aliphatic carbocycles. The Morgan fingerprint density at radius 1 is 0.833 bits per heavy atom. The van der Waals surface area contributed by atoms with Gasteiger partial charge in [0.25, 0.3) is 0 Å². The molecule has 3 nitrogen and oxygen atoms in total. The van der Waals surface area contributed by atoms with E-state index in [4.69, 9.17) is 0 Å². The number of hydrogen-bond donors (Lipinski definition) is 0. The van der Waals surface area contributed by atoms with E-state index in [0.29, 0.717) is 16.7 Å². The number of ketones is 1. The Hall–Kier alpha value is -1.94. The molecule has 0 unspecified atom stereocenters. The average molecular weight is 258 g/mol. The lowest BCUT2D eigenvalue weighted by atomic mass is 10.1. The van der Waals surface area contributed by atoms with E-state index in [1.54, 1.807) is 24.3 Å². The molecule has 2 aromatic carbocycles. The van der Waals surface area contributed by atoms with Crippen LogP contribution in [0.2, 0.25) is 0 Å². The highest BCUT2D eigenvalue weighted by atomic mass is 32.2. The molecular weight excluding hydrogens is 248 g/mol. The van der Waals surface area contributed by atoms with Gasteiger partial charge in [-0.3, -0.25) is 4.79 Å². The van der Waals surface area contributed by atoms with Crippen LogP contribution in [0.4, 0.5) is 0 Å². The number of carbonyl (C=O) groups excluding carboxylic acids is 1. The highest BCUT2D eigenvalue weighted by Crippen LogP contribution is 2.37. The fourth-order valence-electron chi connectivity index (χ4n) is 2.24. The van der Waals surface area contributed by atoms with Crippen LogP contribution in [0.15, 0.2) is 47.4 Å². The summed E-state index contributed by atoms with van der Waals surface area (Å²) in [6, 6.07) is 11.9. The van der Waals surface area contributed by atoms with Crippen molar-refractivity contribution >= 4 is 15.6 Å². The van der Waals surface area contributed by atoms with Crippen LogP contribution < -0.4 is 0 Å². The first-order valence-electron chi connectivity index (χ1n) is 5.47. The summed E-state index contributed by atoms with van der Waals surface area (Å²) in [4.78, 5) is 12.3. The smallest absolute Gasteiger partial charge is 0.194 e. The van der Waals surface area contributed by atoms with E-state index in [1.807, 2.05) is 12.1 Å². The summed E-state index contributed by atoms with van der Waals surface area (Å²) in [6.45, 7) is 0.